The first kappa shape index (κ1) is 24.2. The van der Waals surface area contributed by atoms with Gasteiger partial charge >= 0.3 is 12.0 Å². The zero-order valence-corrected chi connectivity index (χ0v) is 19.1. The molecule has 2 amide bonds. The van der Waals surface area contributed by atoms with Crippen LogP contribution in [0.3, 0.4) is 0 Å². The lowest BCUT2D eigenvalue weighted by atomic mass is 10.1. The number of methoxy groups -OCH3 is 1. The van der Waals surface area contributed by atoms with Gasteiger partial charge in [0, 0.05) is 48.9 Å². The van der Waals surface area contributed by atoms with E-state index in [4.69, 9.17) is 5.41 Å². The number of anilines is 2. The highest BCUT2D eigenvalue weighted by molar-refractivity contribution is 7.91. The molecule has 33 heavy (non-hydrogen) atoms. The minimum atomic E-state index is -3.19. The number of urea groups is 1. The lowest BCUT2D eigenvalue weighted by Crippen LogP contribution is -2.49. The fraction of sp³-hybridized carbons (Fsp3) is 0.318. The summed E-state index contributed by atoms with van der Waals surface area (Å²) in [5.41, 5.74) is 1.86. The topological polar surface area (TPSA) is 120 Å². The van der Waals surface area contributed by atoms with Gasteiger partial charge in [0.25, 0.3) is 0 Å². The number of carbonyl (C=O) groups is 2. The first-order valence-corrected chi connectivity index (χ1v) is 12.0. The van der Waals surface area contributed by atoms with Crippen molar-refractivity contribution in [2.24, 2.45) is 0 Å². The first-order valence-electron chi connectivity index (χ1n) is 10.1. The molecule has 9 nitrogen and oxygen atoms in total. The maximum atomic E-state index is 14.8. The van der Waals surface area contributed by atoms with Crippen molar-refractivity contribution in [3.63, 3.8) is 0 Å². The molecule has 2 aromatic carbocycles. The largest absolute Gasteiger partial charge is 0.465 e. The van der Waals surface area contributed by atoms with Crippen molar-refractivity contribution in [3.8, 4) is 0 Å². The highest BCUT2D eigenvalue weighted by Crippen LogP contribution is 2.27. The molecule has 2 aromatic rings. The van der Waals surface area contributed by atoms with Crippen LogP contribution in [0.2, 0.25) is 0 Å². The fourth-order valence-electron chi connectivity index (χ4n) is 3.49. The minimum absolute atomic E-state index is 0.0406. The van der Waals surface area contributed by atoms with Gasteiger partial charge < -0.3 is 20.4 Å². The van der Waals surface area contributed by atoms with Crippen molar-refractivity contribution in [1.82, 2.24) is 4.90 Å². The van der Waals surface area contributed by atoms with E-state index in [-0.39, 0.29) is 42.3 Å². The summed E-state index contributed by atoms with van der Waals surface area (Å²) in [4.78, 5) is 27.9. The molecule has 0 bridgehead atoms. The number of hydrogen-bond acceptors (Lipinski definition) is 7. The number of nitrogens with one attached hydrogen (secondary N) is 2. The molecule has 1 aliphatic heterocycles. The fourth-order valence-corrected chi connectivity index (χ4v) is 4.69. The van der Waals surface area contributed by atoms with Crippen LogP contribution in [0.15, 0.2) is 36.4 Å². The van der Waals surface area contributed by atoms with Gasteiger partial charge in [-0.3, -0.25) is 4.90 Å². The molecule has 0 atom stereocenters. The second-order valence-electron chi connectivity index (χ2n) is 7.47. The molecule has 0 saturated carbocycles. The van der Waals surface area contributed by atoms with Crippen LogP contribution in [-0.2, 0) is 21.1 Å². The number of halogens is 1. The van der Waals surface area contributed by atoms with Gasteiger partial charge in [-0.15, -0.1) is 0 Å². The Kier molecular flexibility index (Phi) is 7.32. The van der Waals surface area contributed by atoms with E-state index in [2.05, 4.69) is 10.1 Å². The van der Waals surface area contributed by atoms with Gasteiger partial charge in [0.15, 0.2) is 9.84 Å². The molecular weight excluding hydrogens is 451 g/mol. The Labute approximate surface area is 191 Å². The van der Waals surface area contributed by atoms with Gasteiger partial charge in [-0.05, 0) is 30.3 Å². The van der Waals surface area contributed by atoms with Crippen LogP contribution in [0.25, 0.3) is 0 Å². The number of carbonyl (C=O) groups excluding carboxylic acids is 2. The summed E-state index contributed by atoms with van der Waals surface area (Å²) in [5.74, 6) is -1.63. The summed E-state index contributed by atoms with van der Waals surface area (Å²) >= 11 is 0. The van der Waals surface area contributed by atoms with Crippen molar-refractivity contribution >= 4 is 39.4 Å². The summed E-state index contributed by atoms with van der Waals surface area (Å²) in [6.45, 7) is -0.0692. The lowest BCUT2D eigenvalue weighted by Gasteiger charge is -2.33. The van der Waals surface area contributed by atoms with E-state index in [9.17, 15) is 22.4 Å². The molecule has 176 valence electrons. The maximum absolute atomic E-state index is 14.8. The van der Waals surface area contributed by atoms with E-state index in [1.165, 1.54) is 35.3 Å². The number of sulfone groups is 1. The highest BCUT2D eigenvalue weighted by Gasteiger charge is 2.30. The van der Waals surface area contributed by atoms with Crippen molar-refractivity contribution in [2.45, 2.75) is 6.54 Å². The monoisotopic (exact) mass is 476 g/mol. The zero-order chi connectivity index (χ0) is 24.2. The van der Waals surface area contributed by atoms with Crippen molar-refractivity contribution in [1.29, 1.82) is 5.41 Å². The van der Waals surface area contributed by atoms with E-state index in [0.717, 1.165) is 6.07 Å². The van der Waals surface area contributed by atoms with E-state index in [0.29, 0.717) is 16.9 Å². The summed E-state index contributed by atoms with van der Waals surface area (Å²) in [6.07, 6.45) is 1.17. The third-order valence-electron chi connectivity index (χ3n) is 5.42. The Morgan fingerprint density at radius 3 is 2.48 bits per heavy atom. The summed E-state index contributed by atoms with van der Waals surface area (Å²) in [7, 11) is -0.313. The molecule has 0 radical (unpaired) electrons. The van der Waals surface area contributed by atoms with Crippen molar-refractivity contribution in [2.75, 3.05) is 49.0 Å². The van der Waals surface area contributed by atoms with Gasteiger partial charge in [-0.2, -0.15) is 0 Å². The molecule has 0 aromatic heterocycles. The van der Waals surface area contributed by atoms with Gasteiger partial charge in [0.1, 0.15) is 5.82 Å². The number of hydrogen-bond donors (Lipinski definition) is 2. The number of nitrogens with zero attached hydrogens (tertiary/aromatic N) is 2. The maximum Gasteiger partial charge on any atom is 0.337 e. The van der Waals surface area contributed by atoms with Crippen LogP contribution < -0.4 is 10.2 Å². The van der Waals surface area contributed by atoms with E-state index >= 15 is 0 Å². The highest BCUT2D eigenvalue weighted by atomic mass is 32.2. The van der Waals surface area contributed by atoms with Crippen molar-refractivity contribution < 1.29 is 27.1 Å². The minimum Gasteiger partial charge on any atom is -0.465 e. The van der Waals surface area contributed by atoms with E-state index in [1.807, 2.05) is 0 Å². The van der Waals surface area contributed by atoms with E-state index < -0.39 is 27.7 Å². The Bertz CT molecular complexity index is 1170. The van der Waals surface area contributed by atoms with Crippen LogP contribution in [0, 0.1) is 11.2 Å². The Morgan fingerprint density at radius 2 is 1.91 bits per heavy atom. The van der Waals surface area contributed by atoms with Gasteiger partial charge in [-0.25, -0.2) is 22.4 Å². The van der Waals surface area contributed by atoms with Crippen LogP contribution in [0.4, 0.5) is 20.6 Å². The van der Waals surface area contributed by atoms with Gasteiger partial charge in [0.2, 0.25) is 0 Å². The third-order valence-corrected chi connectivity index (χ3v) is 7.03. The van der Waals surface area contributed by atoms with Gasteiger partial charge in [0.05, 0.1) is 30.7 Å². The molecule has 1 heterocycles. The molecule has 1 fully saturated rings. The predicted octanol–water partition coefficient (Wildman–Crippen LogP) is 2.51. The van der Waals surface area contributed by atoms with Crippen LogP contribution in [-0.4, -0.2) is 70.3 Å². The molecule has 0 spiro atoms. The first-order chi connectivity index (χ1) is 15.7. The summed E-state index contributed by atoms with van der Waals surface area (Å²) in [5, 5.41) is 10.5. The molecule has 1 saturated heterocycles. The molecule has 0 unspecified atom stereocenters. The SMILES string of the molecule is CNc1cc(N(Cc2ccc(C(=O)OC)cc2F)C(=O)N2CCS(=O)(=O)CC2)ccc1C=N. The number of rotatable bonds is 6. The quantitative estimate of drug-likeness (QED) is 0.488. The third kappa shape index (κ3) is 5.48. The number of ether oxygens (including phenoxy) is 1. The second-order valence-corrected chi connectivity index (χ2v) is 9.77. The molecule has 3 rings (SSSR count). The Balaban J connectivity index is 1.98. The number of esters is 1. The number of amides is 2. The van der Waals surface area contributed by atoms with Gasteiger partial charge in [-0.1, -0.05) is 6.07 Å². The molecular formula is C22H25FN4O5S. The summed E-state index contributed by atoms with van der Waals surface area (Å²) in [6, 6.07) is 8.37. The smallest absolute Gasteiger partial charge is 0.337 e. The van der Waals surface area contributed by atoms with Crippen LogP contribution >= 0.6 is 0 Å². The zero-order valence-electron chi connectivity index (χ0n) is 18.3. The predicted molar refractivity (Wildman–Crippen MR) is 123 cm³/mol. The molecule has 2 N–H and O–H groups in total. The average Bonchev–Trinajstić information content (AvgIpc) is 2.81. The molecule has 11 heteroatoms. The number of benzene rings is 2. The Hall–Kier alpha value is -3.47. The second kappa shape index (κ2) is 9.99. The average molecular weight is 477 g/mol. The van der Waals surface area contributed by atoms with Crippen molar-refractivity contribution in [3.05, 3.63) is 58.9 Å². The standard InChI is InChI=1S/C22H25FN4O5S/c1-25-20-12-18(6-5-16(20)13-24)27(22(29)26-7-9-33(30,31)10-8-26)14-17-4-3-15(11-19(17)23)21(28)32-2/h3-6,11-13,24-25H,7-10,14H2,1-2H3. The van der Waals surface area contributed by atoms with Crippen LogP contribution in [0.1, 0.15) is 21.5 Å². The lowest BCUT2D eigenvalue weighted by molar-refractivity contribution is 0.0600. The Morgan fingerprint density at radius 1 is 1.21 bits per heavy atom. The van der Waals surface area contributed by atoms with Crippen LogP contribution in [0.5, 0.6) is 0 Å². The summed E-state index contributed by atoms with van der Waals surface area (Å²) < 4.78 is 43.0. The normalized spacial score (nSPS) is 14.9. The van der Waals surface area contributed by atoms with E-state index in [1.54, 1.807) is 25.2 Å². The molecule has 1 aliphatic rings. The molecule has 0 aliphatic carbocycles.